The zero-order chi connectivity index (χ0) is 15.0. The smallest absolute Gasteiger partial charge is 0.274 e. The van der Waals surface area contributed by atoms with Crippen molar-refractivity contribution in [3.63, 3.8) is 0 Å². The average molecular weight is 293 g/mol. The number of halogens is 1. The van der Waals surface area contributed by atoms with Crippen LogP contribution in [0.25, 0.3) is 0 Å². The zero-order valence-corrected chi connectivity index (χ0v) is 12.1. The van der Waals surface area contributed by atoms with Crippen LogP contribution >= 0.6 is 0 Å². The Hall–Kier alpha value is -1.69. The Bertz CT molecular complexity index is 538. The van der Waals surface area contributed by atoms with Crippen LogP contribution in [0.4, 0.5) is 15.8 Å². The van der Waals surface area contributed by atoms with Gasteiger partial charge in [0.05, 0.1) is 11.0 Å². The van der Waals surface area contributed by atoms with Crippen molar-refractivity contribution < 1.29 is 9.31 Å². The molecule has 114 valence electrons. The van der Waals surface area contributed by atoms with Crippen LogP contribution in [-0.2, 0) is 0 Å². The summed E-state index contributed by atoms with van der Waals surface area (Å²) in [6.07, 6.45) is 4.83. The van der Waals surface area contributed by atoms with Gasteiger partial charge in [0.2, 0.25) is 0 Å². The third kappa shape index (κ3) is 3.00. The van der Waals surface area contributed by atoms with Crippen LogP contribution in [0.1, 0.15) is 25.7 Å². The second kappa shape index (κ2) is 5.60. The molecule has 2 unspecified atom stereocenters. The predicted molar refractivity (Wildman–Crippen MR) is 78.8 cm³/mol. The lowest BCUT2D eigenvalue weighted by atomic mass is 9.91. The molecule has 5 nitrogen and oxygen atoms in total. The van der Waals surface area contributed by atoms with Gasteiger partial charge in [0.15, 0.2) is 0 Å². The van der Waals surface area contributed by atoms with Crippen LogP contribution in [0.15, 0.2) is 18.2 Å². The third-order valence-electron chi connectivity index (χ3n) is 4.88. The lowest BCUT2D eigenvalue weighted by molar-refractivity contribution is -0.385. The third-order valence-corrected chi connectivity index (χ3v) is 4.88. The van der Waals surface area contributed by atoms with Crippen LogP contribution in [0.2, 0.25) is 0 Å². The molecule has 6 heteroatoms. The summed E-state index contributed by atoms with van der Waals surface area (Å²) in [6.45, 7) is 0.751. The highest BCUT2D eigenvalue weighted by Gasteiger charge is 2.38. The first-order chi connectivity index (χ1) is 10.0. The van der Waals surface area contributed by atoms with Crippen molar-refractivity contribution in [1.29, 1.82) is 0 Å². The second-order valence-corrected chi connectivity index (χ2v) is 6.22. The molecule has 0 radical (unpaired) electrons. The van der Waals surface area contributed by atoms with Crippen molar-refractivity contribution >= 4 is 11.4 Å². The molecule has 1 aromatic rings. The van der Waals surface area contributed by atoms with Crippen molar-refractivity contribution in [1.82, 2.24) is 4.90 Å². The minimum absolute atomic E-state index is 0.207. The standard InChI is InChI=1S/C15H20FN3O2/c1-18-13-2-3-14(18)5-10(4-13)9-17-12-6-11(16)7-15(8-12)19(20)21/h6-8,10,13-14,17H,2-5,9H2,1H3. The number of hydrogen-bond donors (Lipinski definition) is 1. The van der Waals surface area contributed by atoms with Crippen molar-refractivity contribution in [3.05, 3.63) is 34.1 Å². The lowest BCUT2D eigenvalue weighted by Gasteiger charge is -2.36. The van der Waals surface area contributed by atoms with Gasteiger partial charge in [0.1, 0.15) is 5.82 Å². The topological polar surface area (TPSA) is 58.4 Å². The highest BCUT2D eigenvalue weighted by Crippen LogP contribution is 2.37. The molecule has 3 rings (SSSR count). The molecular weight excluding hydrogens is 273 g/mol. The SMILES string of the molecule is CN1C2CCC1CC(CNc1cc(F)cc([N+](=O)[O-])c1)C2. The maximum absolute atomic E-state index is 13.4. The largest absolute Gasteiger partial charge is 0.384 e. The fourth-order valence-electron chi connectivity index (χ4n) is 3.73. The molecule has 0 amide bonds. The van der Waals surface area contributed by atoms with Crippen LogP contribution < -0.4 is 5.32 Å². The van der Waals surface area contributed by atoms with Gasteiger partial charge in [0.25, 0.3) is 5.69 Å². The summed E-state index contributed by atoms with van der Waals surface area (Å²) in [6, 6.07) is 4.99. The van der Waals surface area contributed by atoms with E-state index in [1.165, 1.54) is 25.0 Å². The Labute approximate surface area is 123 Å². The van der Waals surface area contributed by atoms with E-state index in [4.69, 9.17) is 0 Å². The van der Waals surface area contributed by atoms with E-state index in [9.17, 15) is 14.5 Å². The van der Waals surface area contributed by atoms with E-state index in [1.54, 1.807) is 0 Å². The fourth-order valence-corrected chi connectivity index (χ4v) is 3.73. The molecule has 2 bridgehead atoms. The summed E-state index contributed by atoms with van der Waals surface area (Å²) in [4.78, 5) is 12.7. The van der Waals surface area contributed by atoms with Crippen molar-refractivity contribution in [2.45, 2.75) is 37.8 Å². The van der Waals surface area contributed by atoms with E-state index in [2.05, 4.69) is 17.3 Å². The molecule has 0 saturated carbocycles. The van der Waals surface area contributed by atoms with Crippen LogP contribution in [0.5, 0.6) is 0 Å². The van der Waals surface area contributed by atoms with E-state index in [0.29, 0.717) is 23.7 Å². The van der Waals surface area contributed by atoms with Crippen LogP contribution in [0, 0.1) is 21.8 Å². The number of benzene rings is 1. The number of nitrogens with one attached hydrogen (secondary N) is 1. The number of rotatable bonds is 4. The Kier molecular flexibility index (Phi) is 3.80. The minimum atomic E-state index is -0.574. The van der Waals surface area contributed by atoms with E-state index in [0.717, 1.165) is 25.5 Å². The molecule has 2 saturated heterocycles. The molecule has 1 N–H and O–H groups in total. The summed E-state index contributed by atoms with van der Waals surface area (Å²) in [5.41, 5.74) is 0.286. The lowest BCUT2D eigenvalue weighted by Crippen LogP contribution is -2.41. The number of nitro benzene ring substituents is 1. The molecule has 21 heavy (non-hydrogen) atoms. The summed E-state index contributed by atoms with van der Waals surface area (Å²) < 4.78 is 13.4. The number of piperidine rings is 1. The quantitative estimate of drug-likeness (QED) is 0.685. The molecule has 2 heterocycles. The minimum Gasteiger partial charge on any atom is -0.384 e. The average Bonchev–Trinajstić information content (AvgIpc) is 2.66. The molecule has 0 spiro atoms. The first-order valence-corrected chi connectivity index (χ1v) is 7.43. The molecule has 2 aliphatic rings. The first-order valence-electron chi connectivity index (χ1n) is 7.43. The van der Waals surface area contributed by atoms with E-state index in [-0.39, 0.29) is 5.69 Å². The van der Waals surface area contributed by atoms with Gasteiger partial charge >= 0.3 is 0 Å². The number of anilines is 1. The maximum atomic E-state index is 13.4. The van der Waals surface area contributed by atoms with Crippen molar-refractivity contribution in [2.75, 3.05) is 18.9 Å². The van der Waals surface area contributed by atoms with Gasteiger partial charge in [-0.1, -0.05) is 0 Å². The number of non-ortho nitro benzene ring substituents is 1. The van der Waals surface area contributed by atoms with Gasteiger partial charge in [0, 0.05) is 30.4 Å². The predicted octanol–water partition coefficient (Wildman–Crippen LogP) is 3.02. The Balaban J connectivity index is 1.62. The van der Waals surface area contributed by atoms with E-state index >= 15 is 0 Å². The highest BCUT2D eigenvalue weighted by atomic mass is 19.1. The molecule has 0 aliphatic carbocycles. The summed E-state index contributed by atoms with van der Waals surface area (Å²) in [5.74, 6) is -0.0174. The van der Waals surface area contributed by atoms with Crippen molar-refractivity contribution in [2.24, 2.45) is 5.92 Å². The Morgan fingerprint density at radius 3 is 2.62 bits per heavy atom. The van der Waals surface area contributed by atoms with Gasteiger partial charge in [-0.15, -0.1) is 0 Å². The molecule has 2 fully saturated rings. The fraction of sp³-hybridized carbons (Fsp3) is 0.600. The highest BCUT2D eigenvalue weighted by molar-refractivity contribution is 5.51. The van der Waals surface area contributed by atoms with E-state index < -0.39 is 10.7 Å². The first kappa shape index (κ1) is 14.3. The van der Waals surface area contributed by atoms with Gasteiger partial charge < -0.3 is 10.2 Å². The number of nitro groups is 1. The summed E-state index contributed by atoms with van der Waals surface area (Å²) in [7, 11) is 2.20. The molecule has 2 atom stereocenters. The van der Waals surface area contributed by atoms with E-state index in [1.807, 2.05) is 0 Å². The van der Waals surface area contributed by atoms with Crippen molar-refractivity contribution in [3.8, 4) is 0 Å². The Morgan fingerprint density at radius 2 is 2.00 bits per heavy atom. The monoisotopic (exact) mass is 293 g/mol. The van der Waals surface area contributed by atoms with Gasteiger partial charge in [-0.3, -0.25) is 10.1 Å². The number of nitrogens with zero attached hydrogens (tertiary/aromatic N) is 2. The molecule has 0 aromatic heterocycles. The maximum Gasteiger partial charge on any atom is 0.274 e. The molecule has 1 aromatic carbocycles. The van der Waals surface area contributed by atoms with Gasteiger partial charge in [-0.2, -0.15) is 0 Å². The molecular formula is C15H20FN3O2. The van der Waals surface area contributed by atoms with Gasteiger partial charge in [-0.05, 0) is 44.7 Å². The Morgan fingerprint density at radius 1 is 1.33 bits per heavy atom. The summed E-state index contributed by atoms with van der Waals surface area (Å²) in [5, 5.41) is 13.9. The molecule has 2 aliphatic heterocycles. The normalized spacial score (nSPS) is 28.6. The van der Waals surface area contributed by atoms with Crippen LogP contribution in [0.3, 0.4) is 0 Å². The number of hydrogen-bond acceptors (Lipinski definition) is 4. The second-order valence-electron chi connectivity index (χ2n) is 6.22. The number of fused-ring (bicyclic) bond motifs is 2. The van der Waals surface area contributed by atoms with Gasteiger partial charge in [-0.25, -0.2) is 4.39 Å². The zero-order valence-electron chi connectivity index (χ0n) is 12.1. The summed E-state index contributed by atoms with van der Waals surface area (Å²) >= 11 is 0. The van der Waals surface area contributed by atoms with Crippen LogP contribution in [-0.4, -0.2) is 35.5 Å².